The summed E-state index contributed by atoms with van der Waals surface area (Å²) in [6, 6.07) is 24.8. The van der Waals surface area contributed by atoms with E-state index in [2.05, 4.69) is 11.0 Å². The van der Waals surface area contributed by atoms with Crippen LogP contribution in [0.15, 0.2) is 78.9 Å². The lowest BCUT2D eigenvalue weighted by Gasteiger charge is -2.26. The van der Waals surface area contributed by atoms with Gasteiger partial charge in [0.1, 0.15) is 23.0 Å². The SMILES string of the molecule is Cl.Oc1ccc(-c2c(CCCN3CCCCC3)cc3cc(O)ccc3c2Oc2ccccc2)cc1. The summed E-state index contributed by atoms with van der Waals surface area (Å²) in [4.78, 5) is 2.57. The van der Waals surface area contributed by atoms with Crippen LogP contribution in [0, 0.1) is 0 Å². The van der Waals surface area contributed by atoms with Crippen LogP contribution in [0.1, 0.15) is 31.2 Å². The first kappa shape index (κ1) is 24.9. The lowest BCUT2D eigenvalue weighted by molar-refractivity contribution is 0.226. The number of aromatic hydroxyl groups is 2. The third-order valence-corrected chi connectivity index (χ3v) is 6.65. The van der Waals surface area contributed by atoms with Gasteiger partial charge in [-0.3, -0.25) is 0 Å². The Morgan fingerprint density at radius 3 is 2.23 bits per heavy atom. The maximum atomic E-state index is 10.2. The molecule has 5 rings (SSSR count). The van der Waals surface area contributed by atoms with Crippen LogP contribution in [-0.4, -0.2) is 34.7 Å². The Kier molecular flexibility index (Phi) is 8.17. The zero-order valence-electron chi connectivity index (χ0n) is 19.8. The molecule has 4 aromatic carbocycles. The van der Waals surface area contributed by atoms with Crippen LogP contribution < -0.4 is 4.74 Å². The van der Waals surface area contributed by atoms with E-state index in [1.54, 1.807) is 18.2 Å². The Bertz CT molecular complexity index is 1250. The quantitative estimate of drug-likeness (QED) is 0.281. The number of hydrogen-bond donors (Lipinski definition) is 2. The van der Waals surface area contributed by atoms with E-state index in [1.165, 1.54) is 37.9 Å². The molecule has 0 aliphatic carbocycles. The average molecular weight is 490 g/mol. The van der Waals surface area contributed by atoms with Crippen molar-refractivity contribution in [2.24, 2.45) is 0 Å². The van der Waals surface area contributed by atoms with Crippen molar-refractivity contribution in [2.45, 2.75) is 32.1 Å². The number of halogens is 1. The Morgan fingerprint density at radius 2 is 1.49 bits per heavy atom. The van der Waals surface area contributed by atoms with Gasteiger partial charge in [-0.1, -0.05) is 42.8 Å². The van der Waals surface area contributed by atoms with E-state index in [-0.39, 0.29) is 23.9 Å². The fourth-order valence-corrected chi connectivity index (χ4v) is 4.95. The van der Waals surface area contributed by atoms with Crippen LogP contribution in [-0.2, 0) is 6.42 Å². The van der Waals surface area contributed by atoms with Crippen LogP contribution >= 0.6 is 12.4 Å². The lowest BCUT2D eigenvalue weighted by atomic mass is 9.91. The summed E-state index contributed by atoms with van der Waals surface area (Å²) in [6.07, 6.45) is 5.89. The van der Waals surface area contributed by atoms with E-state index >= 15 is 0 Å². The molecule has 4 nitrogen and oxygen atoms in total. The molecule has 0 amide bonds. The van der Waals surface area contributed by atoms with Gasteiger partial charge in [0.05, 0.1) is 0 Å². The summed E-state index contributed by atoms with van der Waals surface area (Å²) in [5.41, 5.74) is 3.24. The molecule has 0 radical (unpaired) electrons. The predicted molar refractivity (Wildman–Crippen MR) is 145 cm³/mol. The molecule has 2 N–H and O–H groups in total. The number of hydrogen-bond acceptors (Lipinski definition) is 4. The average Bonchev–Trinajstić information content (AvgIpc) is 2.86. The van der Waals surface area contributed by atoms with E-state index in [0.717, 1.165) is 52.8 Å². The molecular weight excluding hydrogens is 458 g/mol. The highest BCUT2D eigenvalue weighted by molar-refractivity contribution is 5.98. The molecule has 1 saturated heterocycles. The second-order valence-corrected chi connectivity index (χ2v) is 9.11. The number of phenolic OH excluding ortho intramolecular Hbond substituents is 2. The minimum atomic E-state index is 0. The molecule has 5 heteroatoms. The number of rotatable bonds is 7. The van der Waals surface area contributed by atoms with Crippen LogP contribution in [0.4, 0.5) is 0 Å². The number of likely N-dealkylation sites (tertiary alicyclic amines) is 1. The molecule has 1 fully saturated rings. The number of benzene rings is 4. The number of fused-ring (bicyclic) bond motifs is 1. The maximum Gasteiger partial charge on any atom is 0.143 e. The summed E-state index contributed by atoms with van der Waals surface area (Å²) in [5, 5.41) is 22.0. The normalized spacial score (nSPS) is 13.9. The van der Waals surface area contributed by atoms with E-state index < -0.39 is 0 Å². The monoisotopic (exact) mass is 489 g/mol. The van der Waals surface area contributed by atoms with Crippen LogP contribution in [0.25, 0.3) is 21.9 Å². The third-order valence-electron chi connectivity index (χ3n) is 6.65. The topological polar surface area (TPSA) is 52.9 Å². The highest BCUT2D eigenvalue weighted by Gasteiger charge is 2.19. The van der Waals surface area contributed by atoms with Crippen LogP contribution in [0.3, 0.4) is 0 Å². The van der Waals surface area contributed by atoms with Crippen LogP contribution in [0.2, 0.25) is 0 Å². The van der Waals surface area contributed by atoms with E-state index in [4.69, 9.17) is 4.74 Å². The number of phenols is 2. The zero-order chi connectivity index (χ0) is 23.3. The highest BCUT2D eigenvalue weighted by Crippen LogP contribution is 2.43. The minimum absolute atomic E-state index is 0. The zero-order valence-corrected chi connectivity index (χ0v) is 20.6. The molecule has 1 heterocycles. The first-order valence-electron chi connectivity index (χ1n) is 12.2. The Hall–Kier alpha value is -3.21. The van der Waals surface area contributed by atoms with Gasteiger partial charge in [-0.15, -0.1) is 12.4 Å². The second-order valence-electron chi connectivity index (χ2n) is 9.11. The van der Waals surface area contributed by atoms with Gasteiger partial charge >= 0.3 is 0 Å². The molecule has 0 atom stereocenters. The second kappa shape index (κ2) is 11.5. The largest absolute Gasteiger partial charge is 0.508 e. The summed E-state index contributed by atoms with van der Waals surface area (Å²) in [5.74, 6) is 2.03. The molecule has 0 saturated carbocycles. The van der Waals surface area contributed by atoms with Crippen molar-refractivity contribution in [1.82, 2.24) is 4.90 Å². The number of nitrogens with zero attached hydrogens (tertiary/aromatic N) is 1. The molecular formula is C30H32ClNO3. The van der Waals surface area contributed by atoms with Gasteiger partial charge in [0.25, 0.3) is 0 Å². The van der Waals surface area contributed by atoms with Crippen molar-refractivity contribution in [3.8, 4) is 34.1 Å². The van der Waals surface area contributed by atoms with Gasteiger partial charge in [0, 0.05) is 10.9 Å². The van der Waals surface area contributed by atoms with E-state index in [0.29, 0.717) is 0 Å². The fourth-order valence-electron chi connectivity index (χ4n) is 4.95. The Balaban J connectivity index is 0.00000289. The molecule has 182 valence electrons. The first-order valence-corrected chi connectivity index (χ1v) is 12.2. The molecule has 35 heavy (non-hydrogen) atoms. The molecule has 0 bridgehead atoms. The van der Waals surface area contributed by atoms with Gasteiger partial charge < -0.3 is 19.8 Å². The van der Waals surface area contributed by atoms with Gasteiger partial charge in [0.15, 0.2) is 0 Å². The third kappa shape index (κ3) is 5.90. The van der Waals surface area contributed by atoms with Crippen molar-refractivity contribution < 1.29 is 14.9 Å². The maximum absolute atomic E-state index is 10.2. The van der Waals surface area contributed by atoms with Gasteiger partial charge in [-0.05, 0) is 104 Å². The van der Waals surface area contributed by atoms with E-state index in [1.807, 2.05) is 54.6 Å². The number of para-hydroxylation sites is 1. The van der Waals surface area contributed by atoms with Crippen molar-refractivity contribution in [1.29, 1.82) is 0 Å². The standard InChI is InChI=1S/C30H31NO3.ClH/c32-25-13-11-22(12-14-25)29-23(8-7-19-31-17-5-2-6-18-31)20-24-21-26(33)15-16-28(24)30(29)34-27-9-3-1-4-10-27;/h1,3-4,9-16,20-21,32-33H,2,5-8,17-19H2;1H. The smallest absolute Gasteiger partial charge is 0.143 e. The van der Waals surface area contributed by atoms with Crippen molar-refractivity contribution in [3.63, 3.8) is 0 Å². The summed E-state index contributed by atoms with van der Waals surface area (Å²) >= 11 is 0. The number of ether oxygens (including phenoxy) is 1. The van der Waals surface area contributed by atoms with Gasteiger partial charge in [0.2, 0.25) is 0 Å². The summed E-state index contributed by atoms with van der Waals surface area (Å²) in [7, 11) is 0. The predicted octanol–water partition coefficient (Wildman–Crippen LogP) is 7.55. The molecule has 0 aromatic heterocycles. The van der Waals surface area contributed by atoms with E-state index in [9.17, 15) is 10.2 Å². The van der Waals surface area contributed by atoms with Gasteiger partial charge in [-0.25, -0.2) is 0 Å². The number of aryl methyl sites for hydroxylation is 1. The lowest BCUT2D eigenvalue weighted by Crippen LogP contribution is -2.30. The summed E-state index contributed by atoms with van der Waals surface area (Å²) < 4.78 is 6.53. The Labute approximate surface area is 213 Å². The molecule has 1 aliphatic heterocycles. The van der Waals surface area contributed by atoms with Gasteiger partial charge in [-0.2, -0.15) is 0 Å². The molecule has 4 aromatic rings. The fraction of sp³-hybridized carbons (Fsp3) is 0.267. The van der Waals surface area contributed by atoms with Crippen molar-refractivity contribution in [2.75, 3.05) is 19.6 Å². The van der Waals surface area contributed by atoms with Crippen molar-refractivity contribution in [3.05, 3.63) is 84.4 Å². The minimum Gasteiger partial charge on any atom is -0.508 e. The molecule has 1 aliphatic rings. The molecule has 0 unspecified atom stereocenters. The number of piperidine rings is 1. The Morgan fingerprint density at radius 1 is 0.771 bits per heavy atom. The first-order chi connectivity index (χ1) is 16.7. The molecule has 0 spiro atoms. The highest BCUT2D eigenvalue weighted by atomic mass is 35.5. The van der Waals surface area contributed by atoms with Crippen molar-refractivity contribution >= 4 is 23.2 Å². The summed E-state index contributed by atoms with van der Waals surface area (Å²) in [6.45, 7) is 3.47. The van der Waals surface area contributed by atoms with Crippen LogP contribution in [0.5, 0.6) is 23.0 Å².